The first-order chi connectivity index (χ1) is 8.82. The largest absolute Gasteiger partial charge is 0.480 e. The summed E-state index contributed by atoms with van der Waals surface area (Å²) < 4.78 is 35.4. The van der Waals surface area contributed by atoms with Gasteiger partial charge in [-0.25, -0.2) is 9.52 Å². The van der Waals surface area contributed by atoms with Crippen LogP contribution in [0, 0.1) is 0 Å². The highest BCUT2D eigenvalue weighted by molar-refractivity contribution is 7.88. The van der Waals surface area contributed by atoms with Crippen molar-refractivity contribution in [2.45, 2.75) is 25.8 Å². The van der Waals surface area contributed by atoms with Gasteiger partial charge in [-0.05, 0) is 19.8 Å². The molecule has 19 heavy (non-hydrogen) atoms. The minimum atomic E-state index is -4.28. The van der Waals surface area contributed by atoms with Crippen molar-refractivity contribution in [3.8, 4) is 0 Å². The van der Waals surface area contributed by atoms with E-state index >= 15 is 0 Å². The first-order valence-electron chi connectivity index (χ1n) is 5.51. The summed E-state index contributed by atoms with van der Waals surface area (Å²) in [6, 6.07) is -1.35. The zero-order valence-corrected chi connectivity index (χ0v) is 11.5. The molecule has 0 aliphatic rings. The molecule has 0 aliphatic heterocycles. The number of nitrogens with one attached hydrogen (secondary N) is 2. The minimum absolute atomic E-state index is 0.00243. The zero-order valence-electron chi connectivity index (χ0n) is 10.7. The third-order valence-electron chi connectivity index (χ3n) is 1.93. The van der Waals surface area contributed by atoms with E-state index in [0.717, 1.165) is 0 Å². The van der Waals surface area contributed by atoms with Crippen LogP contribution in [-0.2, 0) is 24.5 Å². The zero-order chi connectivity index (χ0) is 14.9. The van der Waals surface area contributed by atoms with Crippen molar-refractivity contribution in [1.82, 2.24) is 9.44 Å². The number of carbonyl (C=O) groups excluding carboxylic acids is 1. The SMILES string of the molecule is CCOC(=O)NS(=O)(=O)NC(CCCOC)C(=O)O. The molecule has 0 aromatic carbocycles. The summed E-state index contributed by atoms with van der Waals surface area (Å²) in [5.74, 6) is -1.34. The highest BCUT2D eigenvalue weighted by atomic mass is 32.2. The second kappa shape index (κ2) is 8.67. The molecular weight excluding hydrogens is 280 g/mol. The Labute approximate surface area is 111 Å². The molecule has 1 unspecified atom stereocenters. The molecule has 9 nitrogen and oxygen atoms in total. The molecule has 1 atom stereocenters. The molecule has 0 rings (SSSR count). The summed E-state index contributed by atoms with van der Waals surface area (Å²) in [4.78, 5) is 21.8. The Kier molecular flexibility index (Phi) is 8.03. The van der Waals surface area contributed by atoms with E-state index in [4.69, 9.17) is 9.84 Å². The van der Waals surface area contributed by atoms with Crippen molar-refractivity contribution >= 4 is 22.3 Å². The van der Waals surface area contributed by atoms with E-state index in [1.54, 1.807) is 0 Å². The van der Waals surface area contributed by atoms with Gasteiger partial charge in [0.05, 0.1) is 6.61 Å². The van der Waals surface area contributed by atoms with E-state index in [2.05, 4.69) is 4.74 Å². The van der Waals surface area contributed by atoms with Crippen LogP contribution in [0.2, 0.25) is 0 Å². The lowest BCUT2D eigenvalue weighted by Crippen LogP contribution is -2.48. The van der Waals surface area contributed by atoms with E-state index in [1.165, 1.54) is 18.8 Å². The Morgan fingerprint density at radius 2 is 2.00 bits per heavy atom. The number of carboxylic acids is 1. The molecule has 0 aromatic heterocycles. The number of carbonyl (C=O) groups is 2. The van der Waals surface area contributed by atoms with Gasteiger partial charge in [-0.3, -0.25) is 4.79 Å². The van der Waals surface area contributed by atoms with Crippen LogP contribution in [0.1, 0.15) is 19.8 Å². The molecule has 0 saturated heterocycles. The van der Waals surface area contributed by atoms with Crippen molar-refractivity contribution in [2.24, 2.45) is 0 Å². The molecule has 0 heterocycles. The highest BCUT2D eigenvalue weighted by Crippen LogP contribution is 2.00. The third-order valence-corrected chi connectivity index (χ3v) is 2.96. The number of methoxy groups -OCH3 is 1. The van der Waals surface area contributed by atoms with Crippen LogP contribution in [0.5, 0.6) is 0 Å². The maximum absolute atomic E-state index is 11.4. The van der Waals surface area contributed by atoms with Gasteiger partial charge in [0, 0.05) is 13.7 Å². The van der Waals surface area contributed by atoms with Crippen LogP contribution >= 0.6 is 0 Å². The van der Waals surface area contributed by atoms with Crippen molar-refractivity contribution in [3.05, 3.63) is 0 Å². The number of hydrogen-bond donors (Lipinski definition) is 3. The van der Waals surface area contributed by atoms with Crippen LogP contribution in [0.3, 0.4) is 0 Å². The Morgan fingerprint density at radius 1 is 1.37 bits per heavy atom. The molecule has 0 bridgehead atoms. The lowest BCUT2D eigenvalue weighted by Gasteiger charge is -2.14. The lowest BCUT2D eigenvalue weighted by molar-refractivity contribution is -0.139. The maximum atomic E-state index is 11.4. The topological polar surface area (TPSA) is 131 Å². The van der Waals surface area contributed by atoms with E-state index in [9.17, 15) is 18.0 Å². The van der Waals surface area contributed by atoms with Crippen molar-refractivity contribution in [2.75, 3.05) is 20.3 Å². The van der Waals surface area contributed by atoms with Gasteiger partial charge in [0.15, 0.2) is 0 Å². The Balaban J connectivity index is 4.47. The molecule has 0 saturated carbocycles. The molecule has 0 aliphatic carbocycles. The smallest absolute Gasteiger partial charge is 0.421 e. The van der Waals surface area contributed by atoms with E-state index in [1.807, 2.05) is 4.72 Å². The quantitative estimate of drug-likeness (QED) is 0.486. The predicted molar refractivity (Wildman–Crippen MR) is 64.7 cm³/mol. The average Bonchev–Trinajstić information content (AvgIpc) is 2.27. The van der Waals surface area contributed by atoms with Gasteiger partial charge in [0.25, 0.3) is 0 Å². The molecule has 0 fully saturated rings. The van der Waals surface area contributed by atoms with Crippen LogP contribution in [0.4, 0.5) is 4.79 Å². The molecule has 0 radical (unpaired) electrons. The fraction of sp³-hybridized carbons (Fsp3) is 0.778. The number of ether oxygens (including phenoxy) is 2. The van der Waals surface area contributed by atoms with Crippen LogP contribution in [-0.4, -0.2) is 52.0 Å². The van der Waals surface area contributed by atoms with E-state index in [0.29, 0.717) is 13.0 Å². The molecule has 1 amide bonds. The first kappa shape index (κ1) is 17.6. The van der Waals surface area contributed by atoms with Gasteiger partial charge in [0.1, 0.15) is 6.04 Å². The second-order valence-corrected chi connectivity index (χ2v) is 4.92. The number of hydrogen-bond acceptors (Lipinski definition) is 6. The molecule has 0 aromatic rings. The second-order valence-electron chi connectivity index (χ2n) is 3.47. The Morgan fingerprint density at radius 3 is 2.47 bits per heavy atom. The van der Waals surface area contributed by atoms with Gasteiger partial charge in [-0.1, -0.05) is 0 Å². The predicted octanol–water partition coefficient (Wildman–Crippen LogP) is -0.553. The van der Waals surface area contributed by atoms with Gasteiger partial charge < -0.3 is 14.6 Å². The minimum Gasteiger partial charge on any atom is -0.480 e. The summed E-state index contributed by atoms with van der Waals surface area (Å²) in [5.41, 5.74) is 0. The average molecular weight is 298 g/mol. The Bertz CT molecular complexity index is 395. The van der Waals surface area contributed by atoms with Crippen LogP contribution < -0.4 is 9.44 Å². The number of aliphatic carboxylic acids is 1. The molecule has 10 heteroatoms. The van der Waals surface area contributed by atoms with Gasteiger partial charge in [-0.2, -0.15) is 13.1 Å². The summed E-state index contributed by atoms with van der Waals surface area (Å²) in [5, 5.41) is 8.86. The summed E-state index contributed by atoms with van der Waals surface area (Å²) in [6.07, 6.45) is -0.779. The van der Waals surface area contributed by atoms with Gasteiger partial charge >= 0.3 is 22.3 Å². The fourth-order valence-corrected chi connectivity index (χ4v) is 2.08. The summed E-state index contributed by atoms with van der Waals surface area (Å²) in [7, 11) is -2.83. The van der Waals surface area contributed by atoms with Crippen LogP contribution in [0.25, 0.3) is 0 Å². The normalized spacial score (nSPS) is 12.7. The monoisotopic (exact) mass is 298 g/mol. The molecule has 112 valence electrons. The molecule has 3 N–H and O–H groups in total. The molecular formula is C9H18N2O7S. The standard InChI is InChI=1S/C9H18N2O7S/c1-3-18-9(14)11-19(15,16)10-7(8(12)13)5-4-6-17-2/h7,10H,3-6H2,1-2H3,(H,11,14)(H,12,13). The summed E-state index contributed by atoms with van der Waals surface area (Å²) in [6.45, 7) is 1.80. The van der Waals surface area contributed by atoms with Crippen molar-refractivity contribution in [3.63, 3.8) is 0 Å². The van der Waals surface area contributed by atoms with Crippen molar-refractivity contribution in [1.29, 1.82) is 0 Å². The first-order valence-corrected chi connectivity index (χ1v) is 6.99. The molecule has 0 spiro atoms. The Hall–Kier alpha value is -1.39. The van der Waals surface area contributed by atoms with Gasteiger partial charge in [-0.15, -0.1) is 0 Å². The van der Waals surface area contributed by atoms with Crippen LogP contribution in [0.15, 0.2) is 0 Å². The fourth-order valence-electron chi connectivity index (χ4n) is 1.15. The van der Waals surface area contributed by atoms with E-state index < -0.39 is 28.3 Å². The third kappa shape index (κ3) is 8.35. The summed E-state index contributed by atoms with van der Waals surface area (Å²) >= 11 is 0. The maximum Gasteiger partial charge on any atom is 0.421 e. The number of amides is 1. The number of rotatable bonds is 9. The highest BCUT2D eigenvalue weighted by Gasteiger charge is 2.25. The van der Waals surface area contributed by atoms with Gasteiger partial charge in [0.2, 0.25) is 0 Å². The number of carboxylic acid groups (broad SMARTS) is 1. The lowest BCUT2D eigenvalue weighted by atomic mass is 10.2. The van der Waals surface area contributed by atoms with E-state index in [-0.39, 0.29) is 13.0 Å². The van der Waals surface area contributed by atoms with Crippen molar-refractivity contribution < 1.29 is 32.6 Å².